The van der Waals surface area contributed by atoms with Gasteiger partial charge in [0.15, 0.2) is 0 Å². The molecule has 0 aliphatic heterocycles. The summed E-state index contributed by atoms with van der Waals surface area (Å²) in [6.45, 7) is 0. The number of rotatable bonds is 2. The van der Waals surface area contributed by atoms with Gasteiger partial charge in [0.2, 0.25) is 5.91 Å². The molecule has 1 aromatic carbocycles. The predicted molar refractivity (Wildman–Crippen MR) is 54.2 cm³/mol. The van der Waals surface area contributed by atoms with Gasteiger partial charge in [-0.25, -0.2) is 13.6 Å². The third-order valence-corrected chi connectivity index (χ3v) is 1.79. The monoisotopic (exact) mass is 248 g/mol. The summed E-state index contributed by atoms with van der Waals surface area (Å²) in [6, 6.07) is 1.58. The lowest BCUT2D eigenvalue weighted by molar-refractivity contribution is -0.117. The van der Waals surface area contributed by atoms with Gasteiger partial charge in [-0.05, 0) is 12.1 Å². The first-order valence-electron chi connectivity index (χ1n) is 4.15. The Morgan fingerprint density at radius 1 is 1.31 bits per heavy atom. The zero-order valence-electron chi connectivity index (χ0n) is 7.89. The lowest BCUT2D eigenvalue weighted by Crippen LogP contribution is -2.35. The molecule has 7 heteroatoms. The van der Waals surface area contributed by atoms with Crippen LogP contribution in [-0.4, -0.2) is 17.8 Å². The van der Waals surface area contributed by atoms with Crippen molar-refractivity contribution in [3.8, 4) is 0 Å². The first kappa shape index (κ1) is 12.4. The third-order valence-electron chi connectivity index (χ3n) is 1.55. The van der Waals surface area contributed by atoms with Crippen LogP contribution >= 0.6 is 11.6 Å². The normalized spacial score (nSPS) is 9.69. The Morgan fingerprint density at radius 3 is 2.62 bits per heavy atom. The zero-order valence-corrected chi connectivity index (χ0v) is 8.65. The van der Waals surface area contributed by atoms with Crippen molar-refractivity contribution in [1.29, 1.82) is 0 Å². The smallest absolute Gasteiger partial charge is 0.305 e. The van der Waals surface area contributed by atoms with E-state index in [9.17, 15) is 18.4 Å². The van der Waals surface area contributed by atoms with Gasteiger partial charge in [-0.3, -0.25) is 10.1 Å². The molecule has 0 saturated carbocycles. The molecule has 0 unspecified atom stereocenters. The van der Waals surface area contributed by atoms with Crippen LogP contribution in [0.4, 0.5) is 19.3 Å². The fourth-order valence-electron chi connectivity index (χ4n) is 0.907. The second kappa shape index (κ2) is 5.41. The molecule has 3 amide bonds. The number of hydrogen-bond acceptors (Lipinski definition) is 2. The Balaban J connectivity index is 2.69. The highest BCUT2D eigenvalue weighted by atomic mass is 35.5. The lowest BCUT2D eigenvalue weighted by atomic mass is 10.3. The molecule has 0 saturated heterocycles. The summed E-state index contributed by atoms with van der Waals surface area (Å²) < 4.78 is 25.7. The largest absolute Gasteiger partial charge is 0.325 e. The van der Waals surface area contributed by atoms with Crippen molar-refractivity contribution < 1.29 is 18.4 Å². The molecule has 0 heterocycles. The summed E-state index contributed by atoms with van der Waals surface area (Å²) in [4.78, 5) is 21.7. The Morgan fingerprint density at radius 2 is 2.00 bits per heavy atom. The number of benzene rings is 1. The van der Waals surface area contributed by atoms with E-state index < -0.39 is 29.5 Å². The molecule has 16 heavy (non-hydrogen) atoms. The van der Waals surface area contributed by atoms with E-state index in [1.165, 1.54) is 0 Å². The van der Waals surface area contributed by atoms with E-state index in [2.05, 4.69) is 0 Å². The SMILES string of the molecule is O=C(CCl)NC(=O)Nc1cc(F)ccc1F. The molecule has 2 N–H and O–H groups in total. The van der Waals surface area contributed by atoms with E-state index in [1.807, 2.05) is 10.6 Å². The number of carbonyl (C=O) groups is 2. The van der Waals surface area contributed by atoms with E-state index >= 15 is 0 Å². The molecule has 0 aliphatic carbocycles. The van der Waals surface area contributed by atoms with Crippen molar-refractivity contribution in [2.24, 2.45) is 0 Å². The van der Waals surface area contributed by atoms with Crippen LogP contribution in [0, 0.1) is 11.6 Å². The molecule has 0 bridgehead atoms. The molecule has 0 radical (unpaired) electrons. The molecular weight excluding hydrogens is 242 g/mol. The maximum Gasteiger partial charge on any atom is 0.325 e. The van der Waals surface area contributed by atoms with Gasteiger partial charge in [-0.2, -0.15) is 0 Å². The van der Waals surface area contributed by atoms with Crippen molar-refractivity contribution in [3.05, 3.63) is 29.8 Å². The number of halogens is 3. The zero-order chi connectivity index (χ0) is 12.1. The highest BCUT2D eigenvalue weighted by Crippen LogP contribution is 2.14. The Bertz CT molecular complexity index is 426. The first-order chi connectivity index (χ1) is 7.52. The number of hydrogen-bond donors (Lipinski definition) is 2. The van der Waals surface area contributed by atoms with Gasteiger partial charge >= 0.3 is 6.03 Å². The van der Waals surface area contributed by atoms with Crippen LogP contribution in [-0.2, 0) is 4.79 Å². The van der Waals surface area contributed by atoms with Gasteiger partial charge in [0, 0.05) is 6.07 Å². The number of amides is 3. The van der Waals surface area contributed by atoms with Crippen molar-refractivity contribution >= 4 is 29.2 Å². The topological polar surface area (TPSA) is 58.2 Å². The van der Waals surface area contributed by atoms with Gasteiger partial charge in [-0.15, -0.1) is 11.6 Å². The molecule has 0 aliphatic rings. The van der Waals surface area contributed by atoms with Crippen LogP contribution in [0.25, 0.3) is 0 Å². The van der Waals surface area contributed by atoms with Crippen molar-refractivity contribution in [2.45, 2.75) is 0 Å². The summed E-state index contributed by atoms with van der Waals surface area (Å²) in [7, 11) is 0. The minimum atomic E-state index is -0.977. The fraction of sp³-hybridized carbons (Fsp3) is 0.111. The fourth-order valence-corrected chi connectivity index (χ4v) is 0.974. The lowest BCUT2D eigenvalue weighted by Gasteiger charge is -2.06. The number of alkyl halides is 1. The molecule has 0 spiro atoms. The highest BCUT2D eigenvalue weighted by molar-refractivity contribution is 6.28. The van der Waals surface area contributed by atoms with Crippen molar-refractivity contribution in [2.75, 3.05) is 11.2 Å². The van der Waals surface area contributed by atoms with Crippen LogP contribution in [0.3, 0.4) is 0 Å². The Labute approximate surface area is 94.6 Å². The van der Waals surface area contributed by atoms with E-state index in [0.29, 0.717) is 0 Å². The summed E-state index contributed by atoms with van der Waals surface area (Å²) in [5.74, 6) is -2.66. The van der Waals surface area contributed by atoms with Crippen LogP contribution in [0.5, 0.6) is 0 Å². The third kappa shape index (κ3) is 3.47. The van der Waals surface area contributed by atoms with E-state index in [4.69, 9.17) is 11.6 Å². The van der Waals surface area contributed by atoms with Gasteiger partial charge < -0.3 is 5.32 Å². The first-order valence-corrected chi connectivity index (χ1v) is 4.68. The molecule has 1 aromatic rings. The average Bonchev–Trinajstić information content (AvgIpc) is 2.23. The van der Waals surface area contributed by atoms with Gasteiger partial charge in [0.25, 0.3) is 0 Å². The van der Waals surface area contributed by atoms with Crippen LogP contribution in [0.2, 0.25) is 0 Å². The molecule has 1 rings (SSSR count). The van der Waals surface area contributed by atoms with Crippen molar-refractivity contribution in [3.63, 3.8) is 0 Å². The van der Waals surface area contributed by atoms with Crippen molar-refractivity contribution in [1.82, 2.24) is 5.32 Å². The number of urea groups is 1. The summed E-state index contributed by atoms with van der Waals surface area (Å²) in [5.41, 5.74) is -0.361. The maximum atomic E-state index is 13.0. The van der Waals surface area contributed by atoms with E-state index in [0.717, 1.165) is 18.2 Å². The minimum absolute atomic E-state index is 0.361. The molecule has 0 fully saturated rings. The molecular formula is C9H7ClF2N2O2. The van der Waals surface area contributed by atoms with Crippen LogP contribution in [0.15, 0.2) is 18.2 Å². The predicted octanol–water partition coefficient (Wildman–Crippen LogP) is 1.85. The molecule has 0 aromatic heterocycles. The molecule has 0 atom stereocenters. The minimum Gasteiger partial charge on any atom is -0.305 e. The van der Waals surface area contributed by atoms with E-state index in [1.54, 1.807) is 0 Å². The number of anilines is 1. The number of carbonyl (C=O) groups excluding carboxylic acids is 2. The maximum absolute atomic E-state index is 13.0. The van der Waals surface area contributed by atoms with Gasteiger partial charge in [-0.1, -0.05) is 0 Å². The number of imide groups is 1. The highest BCUT2D eigenvalue weighted by Gasteiger charge is 2.10. The average molecular weight is 249 g/mol. The summed E-state index contributed by atoms with van der Waals surface area (Å²) >= 11 is 5.13. The second-order valence-electron chi connectivity index (χ2n) is 2.76. The van der Waals surface area contributed by atoms with Gasteiger partial charge in [0.05, 0.1) is 5.69 Å². The number of nitrogens with one attached hydrogen (secondary N) is 2. The Hall–Kier alpha value is -1.69. The van der Waals surface area contributed by atoms with Gasteiger partial charge in [0.1, 0.15) is 17.5 Å². The summed E-state index contributed by atoms with van der Waals surface area (Å²) in [5, 5.41) is 3.79. The van der Waals surface area contributed by atoms with E-state index in [-0.39, 0.29) is 5.69 Å². The Kier molecular flexibility index (Phi) is 4.19. The molecule has 4 nitrogen and oxygen atoms in total. The van der Waals surface area contributed by atoms with Crippen LogP contribution in [0.1, 0.15) is 0 Å². The second-order valence-corrected chi connectivity index (χ2v) is 3.03. The summed E-state index contributed by atoms with van der Waals surface area (Å²) in [6.07, 6.45) is 0. The standard InChI is InChI=1S/C9H7ClF2N2O2/c10-4-8(15)14-9(16)13-7-3-5(11)1-2-6(7)12/h1-3H,4H2,(H2,13,14,15,16). The van der Waals surface area contributed by atoms with Crippen LogP contribution < -0.4 is 10.6 Å². The quantitative estimate of drug-likeness (QED) is 0.785. The molecule has 86 valence electrons.